The molecule has 22 heavy (non-hydrogen) atoms. The Morgan fingerprint density at radius 2 is 2.00 bits per heavy atom. The Morgan fingerprint density at radius 3 is 2.64 bits per heavy atom. The minimum Gasteiger partial charge on any atom is -0.455 e. The van der Waals surface area contributed by atoms with Gasteiger partial charge in [-0.15, -0.1) is 11.3 Å². The molecule has 2 aromatic rings. The maximum atomic E-state index is 12.7. The van der Waals surface area contributed by atoms with Crippen LogP contribution in [0.25, 0.3) is 0 Å². The summed E-state index contributed by atoms with van der Waals surface area (Å²) in [4.78, 5) is 24.4. The molecule has 6 heteroatoms. The molecule has 116 valence electrons. The molecule has 2 rings (SSSR count). The number of hydrogen-bond acceptors (Lipinski definition) is 4. The van der Waals surface area contributed by atoms with Gasteiger partial charge in [0.2, 0.25) is 0 Å². The van der Waals surface area contributed by atoms with Gasteiger partial charge < -0.3 is 10.1 Å². The largest absolute Gasteiger partial charge is 0.455 e. The van der Waals surface area contributed by atoms with Crippen LogP contribution in [-0.2, 0) is 20.7 Å². The van der Waals surface area contributed by atoms with E-state index in [0.717, 1.165) is 4.88 Å². The van der Waals surface area contributed by atoms with Crippen LogP contribution in [0, 0.1) is 5.82 Å². The Balaban J connectivity index is 1.73. The molecule has 0 aliphatic carbocycles. The average Bonchev–Trinajstić information content (AvgIpc) is 3.02. The van der Waals surface area contributed by atoms with Crippen LogP contribution in [0.15, 0.2) is 41.8 Å². The zero-order chi connectivity index (χ0) is 15.9. The van der Waals surface area contributed by atoms with E-state index in [2.05, 4.69) is 5.32 Å². The fraction of sp³-hybridized carbons (Fsp3) is 0.250. The van der Waals surface area contributed by atoms with Gasteiger partial charge in [-0.05, 0) is 36.1 Å². The Hall–Kier alpha value is -2.21. The lowest BCUT2D eigenvalue weighted by Crippen LogP contribution is -2.31. The van der Waals surface area contributed by atoms with Gasteiger partial charge in [0.05, 0.1) is 12.5 Å². The third kappa shape index (κ3) is 4.96. The minimum absolute atomic E-state index is 0.00797. The van der Waals surface area contributed by atoms with E-state index in [1.165, 1.54) is 24.3 Å². The lowest BCUT2D eigenvalue weighted by atomic mass is 10.1. The van der Waals surface area contributed by atoms with Crippen LogP contribution in [0.3, 0.4) is 0 Å². The van der Waals surface area contributed by atoms with Crippen LogP contribution in [0.5, 0.6) is 0 Å². The zero-order valence-corrected chi connectivity index (χ0v) is 12.9. The zero-order valence-electron chi connectivity index (χ0n) is 12.0. The molecule has 1 aromatic carbocycles. The van der Waals surface area contributed by atoms with Gasteiger partial charge in [0.1, 0.15) is 5.82 Å². The van der Waals surface area contributed by atoms with Crippen molar-refractivity contribution in [3.05, 3.63) is 58.0 Å². The van der Waals surface area contributed by atoms with Gasteiger partial charge in [-0.3, -0.25) is 9.59 Å². The molecule has 1 aromatic heterocycles. The molecule has 1 atom stereocenters. The quantitative estimate of drug-likeness (QED) is 0.832. The summed E-state index contributed by atoms with van der Waals surface area (Å²) in [6, 6.07) is 9.28. The third-order valence-corrected chi connectivity index (χ3v) is 4.03. The van der Waals surface area contributed by atoms with Crippen molar-refractivity contribution in [2.75, 3.05) is 6.61 Å². The highest BCUT2D eigenvalue weighted by atomic mass is 32.1. The summed E-state index contributed by atoms with van der Waals surface area (Å²) in [6.07, 6.45) is 0.00797. The van der Waals surface area contributed by atoms with E-state index in [1.54, 1.807) is 11.3 Å². The number of esters is 1. The average molecular weight is 321 g/mol. The van der Waals surface area contributed by atoms with Crippen molar-refractivity contribution in [1.29, 1.82) is 0 Å². The Kier molecular flexibility index (Phi) is 5.66. The summed E-state index contributed by atoms with van der Waals surface area (Å²) in [5.41, 5.74) is 0.638. The van der Waals surface area contributed by atoms with Crippen LogP contribution in [-0.4, -0.2) is 18.5 Å². The predicted molar refractivity (Wildman–Crippen MR) is 81.9 cm³/mol. The molecule has 1 heterocycles. The molecule has 0 unspecified atom stereocenters. The number of ether oxygens (including phenoxy) is 1. The number of rotatable bonds is 6. The number of thiophene rings is 1. The van der Waals surface area contributed by atoms with E-state index in [-0.39, 0.29) is 30.8 Å². The molecule has 0 aliphatic heterocycles. The first kappa shape index (κ1) is 16.2. The number of carbonyl (C=O) groups excluding carboxylic acids is 2. The molecule has 1 N–H and O–H groups in total. The Labute approximate surface area is 131 Å². The smallest absolute Gasteiger partial charge is 0.310 e. The van der Waals surface area contributed by atoms with Gasteiger partial charge in [-0.2, -0.15) is 0 Å². The monoisotopic (exact) mass is 321 g/mol. The molecular formula is C16H16FNO3S. The van der Waals surface area contributed by atoms with Gasteiger partial charge in [0, 0.05) is 4.88 Å². The van der Waals surface area contributed by atoms with Crippen molar-refractivity contribution < 1.29 is 18.7 Å². The summed E-state index contributed by atoms with van der Waals surface area (Å²) in [6.45, 7) is 1.54. The second-order valence-electron chi connectivity index (χ2n) is 4.77. The van der Waals surface area contributed by atoms with E-state index in [4.69, 9.17) is 4.74 Å². The number of hydrogen-bond donors (Lipinski definition) is 1. The SMILES string of the molecule is C[C@@H](NC(=O)COC(=O)Cc1ccc(F)cc1)c1cccs1. The first-order chi connectivity index (χ1) is 10.5. The Bertz CT molecular complexity index is 625. The minimum atomic E-state index is -0.523. The molecule has 0 aliphatic rings. The predicted octanol–water partition coefficient (Wildman–Crippen LogP) is 2.85. The lowest BCUT2D eigenvalue weighted by molar-refractivity contribution is -0.148. The standard InChI is InChI=1S/C16H16FNO3S/c1-11(14-3-2-8-22-14)18-15(19)10-21-16(20)9-12-4-6-13(17)7-5-12/h2-8,11H,9-10H2,1H3,(H,18,19)/t11-/m1/s1. The molecule has 0 fully saturated rings. The van der Waals surface area contributed by atoms with E-state index in [0.29, 0.717) is 5.56 Å². The van der Waals surface area contributed by atoms with Crippen molar-refractivity contribution >= 4 is 23.2 Å². The number of amides is 1. The number of benzene rings is 1. The normalized spacial score (nSPS) is 11.7. The van der Waals surface area contributed by atoms with Crippen LogP contribution in [0.1, 0.15) is 23.4 Å². The fourth-order valence-electron chi connectivity index (χ4n) is 1.86. The summed E-state index contributed by atoms with van der Waals surface area (Å²) in [7, 11) is 0. The number of halogens is 1. The molecule has 0 saturated carbocycles. The fourth-order valence-corrected chi connectivity index (χ4v) is 2.59. The first-order valence-corrected chi connectivity index (χ1v) is 7.65. The van der Waals surface area contributed by atoms with E-state index in [9.17, 15) is 14.0 Å². The number of nitrogens with one attached hydrogen (secondary N) is 1. The number of carbonyl (C=O) groups is 2. The molecule has 0 spiro atoms. The van der Waals surface area contributed by atoms with Crippen LogP contribution < -0.4 is 5.32 Å². The molecular weight excluding hydrogens is 305 g/mol. The van der Waals surface area contributed by atoms with E-state index < -0.39 is 5.97 Å². The van der Waals surface area contributed by atoms with Crippen LogP contribution >= 0.6 is 11.3 Å². The lowest BCUT2D eigenvalue weighted by Gasteiger charge is -2.12. The van der Waals surface area contributed by atoms with Crippen molar-refractivity contribution in [3.63, 3.8) is 0 Å². The molecule has 0 saturated heterocycles. The topological polar surface area (TPSA) is 55.4 Å². The highest BCUT2D eigenvalue weighted by Gasteiger charge is 2.12. The molecule has 0 bridgehead atoms. The maximum Gasteiger partial charge on any atom is 0.310 e. The van der Waals surface area contributed by atoms with Gasteiger partial charge in [0.25, 0.3) is 5.91 Å². The van der Waals surface area contributed by atoms with Crippen molar-refractivity contribution in [2.45, 2.75) is 19.4 Å². The molecule has 0 radical (unpaired) electrons. The van der Waals surface area contributed by atoms with Crippen LogP contribution in [0.4, 0.5) is 4.39 Å². The second-order valence-corrected chi connectivity index (χ2v) is 5.75. The van der Waals surface area contributed by atoms with Gasteiger partial charge in [-0.1, -0.05) is 18.2 Å². The highest BCUT2D eigenvalue weighted by molar-refractivity contribution is 7.10. The molecule has 4 nitrogen and oxygen atoms in total. The maximum absolute atomic E-state index is 12.7. The van der Waals surface area contributed by atoms with Crippen molar-refractivity contribution in [2.24, 2.45) is 0 Å². The summed E-state index contributed by atoms with van der Waals surface area (Å²) >= 11 is 1.55. The van der Waals surface area contributed by atoms with Crippen molar-refractivity contribution in [1.82, 2.24) is 5.32 Å². The molecule has 1 amide bonds. The van der Waals surface area contributed by atoms with E-state index in [1.807, 2.05) is 24.4 Å². The highest BCUT2D eigenvalue weighted by Crippen LogP contribution is 2.17. The van der Waals surface area contributed by atoms with Gasteiger partial charge in [0.15, 0.2) is 6.61 Å². The van der Waals surface area contributed by atoms with Crippen molar-refractivity contribution in [3.8, 4) is 0 Å². The summed E-state index contributed by atoms with van der Waals surface area (Å²) in [5.74, 6) is -1.24. The Morgan fingerprint density at radius 1 is 1.27 bits per heavy atom. The first-order valence-electron chi connectivity index (χ1n) is 6.77. The summed E-state index contributed by atoms with van der Waals surface area (Å²) in [5, 5.41) is 4.68. The van der Waals surface area contributed by atoms with Crippen LogP contribution in [0.2, 0.25) is 0 Å². The van der Waals surface area contributed by atoms with Gasteiger partial charge in [-0.25, -0.2) is 4.39 Å². The summed E-state index contributed by atoms with van der Waals surface area (Å²) < 4.78 is 17.7. The second kappa shape index (κ2) is 7.70. The van der Waals surface area contributed by atoms with Gasteiger partial charge >= 0.3 is 5.97 Å². The van der Waals surface area contributed by atoms with E-state index >= 15 is 0 Å². The third-order valence-electron chi connectivity index (χ3n) is 2.97.